The summed E-state index contributed by atoms with van der Waals surface area (Å²) in [5.41, 5.74) is 6.24. The zero-order valence-electron chi connectivity index (χ0n) is 10.8. The monoisotopic (exact) mass is 279 g/mol. The smallest absolute Gasteiger partial charge is 0.328 e. The van der Waals surface area contributed by atoms with Gasteiger partial charge in [0.05, 0.1) is 0 Å². The van der Waals surface area contributed by atoms with E-state index in [-0.39, 0.29) is 5.78 Å². The van der Waals surface area contributed by atoms with Crippen LogP contribution in [-0.4, -0.2) is 22.6 Å². The second kappa shape index (κ2) is 5.35. The van der Waals surface area contributed by atoms with Crippen LogP contribution in [0.4, 0.5) is 0 Å². The first-order chi connectivity index (χ1) is 8.93. The molecule has 19 heavy (non-hydrogen) atoms. The summed E-state index contributed by atoms with van der Waals surface area (Å²) < 4.78 is 0. The van der Waals surface area contributed by atoms with E-state index >= 15 is 0 Å². The van der Waals surface area contributed by atoms with Crippen LogP contribution in [0.2, 0.25) is 0 Å². The highest BCUT2D eigenvalue weighted by Gasteiger charge is 2.39. The van der Waals surface area contributed by atoms with E-state index in [2.05, 4.69) is 0 Å². The predicted octanol–water partition coefficient (Wildman–Crippen LogP) is 1.94. The number of thioether (sulfide) groups is 1. The largest absolute Gasteiger partial charge is 0.480 e. The van der Waals surface area contributed by atoms with E-state index in [1.165, 1.54) is 6.92 Å². The van der Waals surface area contributed by atoms with Crippen LogP contribution in [-0.2, 0) is 21.5 Å². The number of fused-ring (bicyclic) bond motifs is 1. The topological polar surface area (TPSA) is 80.4 Å². The summed E-state index contributed by atoms with van der Waals surface area (Å²) in [6.07, 6.45) is 1.50. The normalized spacial score (nSPS) is 22.4. The Bertz CT molecular complexity index is 529. The van der Waals surface area contributed by atoms with Crippen molar-refractivity contribution in [2.75, 3.05) is 5.75 Å². The van der Waals surface area contributed by atoms with Crippen molar-refractivity contribution in [2.24, 2.45) is 5.73 Å². The lowest BCUT2D eigenvalue weighted by atomic mass is 9.85. The SMILES string of the molecule is CC(=O)Cc1ccc2c(c1)C(N)(C(=O)O)CCCS2. The van der Waals surface area contributed by atoms with Crippen molar-refractivity contribution in [1.82, 2.24) is 0 Å². The van der Waals surface area contributed by atoms with Gasteiger partial charge in [0.2, 0.25) is 0 Å². The number of hydrogen-bond donors (Lipinski definition) is 2. The molecule has 1 aromatic rings. The molecule has 0 aromatic heterocycles. The first-order valence-electron chi connectivity index (χ1n) is 6.21. The number of benzene rings is 1. The van der Waals surface area contributed by atoms with Crippen molar-refractivity contribution in [3.63, 3.8) is 0 Å². The molecule has 4 nitrogen and oxygen atoms in total. The Morgan fingerprint density at radius 2 is 2.21 bits per heavy atom. The molecular weight excluding hydrogens is 262 g/mol. The number of nitrogens with two attached hydrogens (primary N) is 1. The minimum atomic E-state index is -1.34. The van der Waals surface area contributed by atoms with Gasteiger partial charge in [-0.2, -0.15) is 0 Å². The number of Topliss-reactive ketones (excluding diaryl/α,β-unsaturated/α-hetero) is 1. The fraction of sp³-hybridized carbons (Fsp3) is 0.429. The van der Waals surface area contributed by atoms with Crippen LogP contribution in [0.15, 0.2) is 23.1 Å². The van der Waals surface area contributed by atoms with Gasteiger partial charge in [-0.15, -0.1) is 11.8 Å². The zero-order chi connectivity index (χ0) is 14.0. The second-order valence-corrected chi connectivity index (χ2v) is 6.07. The molecule has 0 amide bonds. The minimum absolute atomic E-state index is 0.0548. The number of carboxylic acids is 1. The van der Waals surface area contributed by atoms with Gasteiger partial charge >= 0.3 is 5.97 Å². The summed E-state index contributed by atoms with van der Waals surface area (Å²) in [5.74, 6) is -0.0824. The molecule has 1 aromatic carbocycles. The van der Waals surface area contributed by atoms with Crippen LogP contribution >= 0.6 is 11.8 Å². The van der Waals surface area contributed by atoms with E-state index in [1.807, 2.05) is 12.1 Å². The van der Waals surface area contributed by atoms with E-state index < -0.39 is 11.5 Å². The first-order valence-corrected chi connectivity index (χ1v) is 7.20. The van der Waals surface area contributed by atoms with Gasteiger partial charge in [0, 0.05) is 11.3 Å². The molecular formula is C14H17NO3S. The lowest BCUT2D eigenvalue weighted by molar-refractivity contribution is -0.144. The molecule has 1 aliphatic heterocycles. The third kappa shape index (κ3) is 2.82. The minimum Gasteiger partial charge on any atom is -0.480 e. The van der Waals surface area contributed by atoms with E-state index in [1.54, 1.807) is 17.8 Å². The van der Waals surface area contributed by atoms with Gasteiger partial charge < -0.3 is 10.8 Å². The summed E-state index contributed by atoms with van der Waals surface area (Å²) >= 11 is 1.63. The van der Waals surface area contributed by atoms with Crippen molar-refractivity contribution < 1.29 is 14.7 Å². The van der Waals surface area contributed by atoms with Gasteiger partial charge in [0.15, 0.2) is 0 Å². The molecule has 2 rings (SSSR count). The highest BCUT2D eigenvalue weighted by molar-refractivity contribution is 7.99. The fourth-order valence-corrected chi connectivity index (χ4v) is 3.41. The molecule has 0 saturated carbocycles. The van der Waals surface area contributed by atoms with E-state index in [4.69, 9.17) is 5.73 Å². The van der Waals surface area contributed by atoms with Crippen molar-refractivity contribution in [2.45, 2.75) is 36.6 Å². The van der Waals surface area contributed by atoms with E-state index in [9.17, 15) is 14.7 Å². The maximum Gasteiger partial charge on any atom is 0.328 e. The van der Waals surface area contributed by atoms with Crippen molar-refractivity contribution in [1.29, 1.82) is 0 Å². The van der Waals surface area contributed by atoms with Gasteiger partial charge in [0.25, 0.3) is 0 Å². The van der Waals surface area contributed by atoms with Crippen LogP contribution in [0, 0.1) is 0 Å². The molecule has 0 radical (unpaired) electrons. The highest BCUT2D eigenvalue weighted by atomic mass is 32.2. The summed E-state index contributed by atoms with van der Waals surface area (Å²) in [6, 6.07) is 5.54. The molecule has 1 atom stereocenters. The van der Waals surface area contributed by atoms with Crippen LogP contribution < -0.4 is 5.73 Å². The van der Waals surface area contributed by atoms with Gasteiger partial charge in [-0.1, -0.05) is 12.1 Å². The van der Waals surface area contributed by atoms with Crippen molar-refractivity contribution >= 4 is 23.5 Å². The fourth-order valence-electron chi connectivity index (χ4n) is 2.34. The number of carboxylic acid groups (broad SMARTS) is 1. The van der Waals surface area contributed by atoms with Gasteiger partial charge in [-0.25, -0.2) is 4.79 Å². The molecule has 5 heteroatoms. The number of ketones is 1. The van der Waals surface area contributed by atoms with Gasteiger partial charge in [0.1, 0.15) is 11.3 Å². The van der Waals surface area contributed by atoms with Crippen molar-refractivity contribution in [3.05, 3.63) is 29.3 Å². The molecule has 0 spiro atoms. The molecule has 102 valence electrons. The zero-order valence-corrected chi connectivity index (χ0v) is 11.6. The Balaban J connectivity index is 2.50. The molecule has 3 N–H and O–H groups in total. The standard InChI is InChI=1S/C14H17NO3S/c1-9(16)7-10-3-4-12-11(8-10)14(15,13(17)18)5-2-6-19-12/h3-4,8H,2,5-7,15H2,1H3,(H,17,18). The van der Waals surface area contributed by atoms with Crippen LogP contribution in [0.1, 0.15) is 30.9 Å². The molecule has 0 saturated heterocycles. The number of aliphatic carboxylic acids is 1. The summed E-state index contributed by atoms with van der Waals surface area (Å²) in [5, 5.41) is 9.44. The van der Waals surface area contributed by atoms with Gasteiger partial charge in [-0.05, 0) is 42.7 Å². The average Bonchev–Trinajstić information content (AvgIpc) is 2.50. The molecule has 0 fully saturated rings. The number of carbonyl (C=O) groups excluding carboxylic acids is 1. The molecule has 1 unspecified atom stereocenters. The maximum absolute atomic E-state index is 11.5. The highest BCUT2D eigenvalue weighted by Crippen LogP contribution is 2.38. The van der Waals surface area contributed by atoms with Gasteiger partial charge in [-0.3, -0.25) is 4.79 Å². The predicted molar refractivity (Wildman–Crippen MR) is 74.3 cm³/mol. The van der Waals surface area contributed by atoms with Crippen LogP contribution in [0.5, 0.6) is 0 Å². The van der Waals surface area contributed by atoms with E-state index in [0.717, 1.165) is 22.6 Å². The third-order valence-corrected chi connectivity index (χ3v) is 4.49. The number of carbonyl (C=O) groups is 2. The molecule has 0 bridgehead atoms. The Kier molecular flexibility index (Phi) is 3.96. The Labute approximate surface area is 116 Å². The quantitative estimate of drug-likeness (QED) is 0.884. The summed E-state index contributed by atoms with van der Waals surface area (Å²) in [4.78, 5) is 23.6. The summed E-state index contributed by atoms with van der Waals surface area (Å²) in [7, 11) is 0. The van der Waals surface area contributed by atoms with Crippen LogP contribution in [0.3, 0.4) is 0 Å². The second-order valence-electron chi connectivity index (χ2n) is 4.94. The van der Waals surface area contributed by atoms with Crippen molar-refractivity contribution in [3.8, 4) is 0 Å². The Hall–Kier alpha value is -1.33. The molecule has 1 aliphatic rings. The molecule has 0 aliphatic carbocycles. The molecule has 1 heterocycles. The maximum atomic E-state index is 11.5. The third-order valence-electron chi connectivity index (χ3n) is 3.33. The average molecular weight is 279 g/mol. The lowest BCUT2D eigenvalue weighted by Crippen LogP contribution is -2.45. The lowest BCUT2D eigenvalue weighted by Gasteiger charge is -2.25. The van der Waals surface area contributed by atoms with E-state index in [0.29, 0.717) is 18.4 Å². The summed E-state index contributed by atoms with van der Waals surface area (Å²) in [6.45, 7) is 1.52. The Morgan fingerprint density at radius 1 is 1.47 bits per heavy atom. The van der Waals surface area contributed by atoms with Crippen LogP contribution in [0.25, 0.3) is 0 Å². The Morgan fingerprint density at radius 3 is 2.84 bits per heavy atom. The number of rotatable bonds is 3. The first kappa shape index (κ1) is 14.1. The number of hydrogen-bond acceptors (Lipinski definition) is 4.